The van der Waals surface area contributed by atoms with E-state index >= 15 is 0 Å². The molecule has 0 spiro atoms. The van der Waals surface area contributed by atoms with E-state index in [1.165, 1.54) is 0 Å². The molecule has 0 rings (SSSR count). The van der Waals surface area contributed by atoms with Crippen LogP contribution < -0.4 is 30.1 Å². The molecular weight excluding hydrogens is 723 g/mol. The van der Waals surface area contributed by atoms with Crippen LogP contribution in [0.15, 0.2) is 0 Å². The van der Waals surface area contributed by atoms with Gasteiger partial charge in [-0.2, -0.15) is 0 Å². The average Bonchev–Trinajstić information content (AvgIpc) is 1.25. The fraction of sp³-hybridized carbons (Fsp3) is 0. The number of hydrogen-bond donors (Lipinski definition) is 0. The van der Waals surface area contributed by atoms with Gasteiger partial charge in [0.15, 0.2) is 0 Å². The van der Waals surface area contributed by atoms with Gasteiger partial charge >= 0.3 is 329 Å². The minimum absolute atomic E-state index is 0. The molecule has 0 saturated carbocycles. The second-order valence-electron chi connectivity index (χ2n) is 0.577. The van der Waals surface area contributed by atoms with E-state index < -0.39 is 14.6 Å². The van der Waals surface area contributed by atoms with E-state index in [1.54, 1.807) is 0 Å². The summed E-state index contributed by atoms with van der Waals surface area (Å²) in [7, 11) is -5.83. The molecule has 0 aliphatic rings. The van der Waals surface area contributed by atoms with Gasteiger partial charge in [0.25, 0.3) is 0 Å². The third-order valence-corrected chi connectivity index (χ3v) is 0. The summed E-state index contributed by atoms with van der Waals surface area (Å²) in [6.45, 7) is 0. The molecule has 0 saturated heterocycles. The Kier molecular flexibility index (Phi) is 263. The van der Waals surface area contributed by atoms with Crippen molar-refractivity contribution in [1.82, 2.24) is 0 Å². The average molecular weight is 735 g/mol. The van der Waals surface area contributed by atoms with Crippen LogP contribution in [0, 0.1) is 0 Å². The molecule has 0 atom stereocenters. The summed E-state index contributed by atoms with van der Waals surface area (Å²) in [5, 5.41) is 50.5. The van der Waals surface area contributed by atoms with Gasteiger partial charge in [0, 0.05) is 0 Å². The van der Waals surface area contributed by atoms with Crippen molar-refractivity contribution < 1.29 is 47.3 Å². The molecule has 0 amide bonds. The van der Waals surface area contributed by atoms with Crippen molar-refractivity contribution >= 4 is 344 Å². The molecule has 0 heterocycles. The van der Waals surface area contributed by atoms with Crippen LogP contribution in [0.3, 0.4) is 0 Å². The van der Waals surface area contributed by atoms with E-state index in [-0.39, 0.29) is 346 Å². The SMILES string of the molecule is [Ba+2].[Ba+2].[Ba+2].[Ca+2].[Ca+2].[Ca+2].[H-].[H-].[H-].[H-].[H-].[H-].[H-].[H-].[H-].[H-].[H-].[H-].[Mg+2].[Mg+2].[Mg+2].[O-]B([O-])[O-].[O-]B([O-])[O-]. The molecule has 0 fully saturated rings. The fourth-order valence-electron chi connectivity index (χ4n) is 0. The molecule has 0 aliphatic carbocycles. The van der Waals surface area contributed by atoms with Gasteiger partial charge in [-0.05, 0) is 0 Å². The van der Waals surface area contributed by atoms with E-state index in [0.29, 0.717) is 0 Å². The van der Waals surface area contributed by atoms with Crippen molar-refractivity contribution in [2.75, 3.05) is 0 Å². The maximum absolute atomic E-state index is 8.42. The fourth-order valence-corrected chi connectivity index (χ4v) is 0. The van der Waals surface area contributed by atoms with Crippen LogP contribution in [0.1, 0.15) is 17.1 Å². The zero-order valence-electron chi connectivity index (χ0n) is 22.0. The predicted octanol–water partition coefficient (Wildman–Crippen LogP) is -9.97. The first-order valence-corrected chi connectivity index (χ1v) is 1.41. The van der Waals surface area contributed by atoms with Crippen LogP contribution >= 0.6 is 0 Å². The first-order valence-electron chi connectivity index (χ1n) is 1.41. The second kappa shape index (κ2) is 63.2. The zero-order chi connectivity index (χ0) is 7.15. The number of rotatable bonds is 0. The Morgan fingerprint density at radius 2 is 0.471 bits per heavy atom. The Bertz CT molecular complexity index is 81.6. The molecule has 0 bridgehead atoms. The van der Waals surface area contributed by atoms with Crippen molar-refractivity contribution in [3.8, 4) is 0 Å². The summed E-state index contributed by atoms with van der Waals surface area (Å²) < 4.78 is 0. The third-order valence-electron chi connectivity index (χ3n) is 0. The van der Waals surface area contributed by atoms with Gasteiger partial charge in [-0.3, -0.25) is 14.6 Å². The van der Waals surface area contributed by atoms with Crippen LogP contribution in [0.5, 0.6) is 0 Å². The molecule has 17 heavy (non-hydrogen) atoms. The Balaban J connectivity index is -0.000000000686. The van der Waals surface area contributed by atoms with Gasteiger partial charge in [-0.25, -0.2) is 0 Å². The molecule has 0 N–H and O–H groups in total. The maximum atomic E-state index is 8.42. The van der Waals surface area contributed by atoms with Gasteiger partial charge in [0.1, 0.15) is 0 Å². The summed E-state index contributed by atoms with van der Waals surface area (Å²) in [6.07, 6.45) is 0. The van der Waals surface area contributed by atoms with Crippen LogP contribution in [-0.4, -0.2) is 344 Å². The van der Waals surface area contributed by atoms with E-state index in [1.807, 2.05) is 0 Å². The molecule has 17 heteroatoms. The quantitative estimate of drug-likeness (QED) is 0.227. The first-order chi connectivity index (χ1) is 3.46. The monoisotopic (exact) mass is 736 g/mol. The van der Waals surface area contributed by atoms with Crippen molar-refractivity contribution in [3.05, 3.63) is 0 Å². The molecule has 0 unspecified atom stereocenters. The predicted molar refractivity (Wildman–Crippen MR) is 76.6 cm³/mol. The van der Waals surface area contributed by atoms with E-state index in [4.69, 9.17) is 30.1 Å². The molecule has 0 aromatic rings. The Labute approximate surface area is 379 Å². The topological polar surface area (TPSA) is 138 Å². The zero-order valence-corrected chi connectivity index (χ0v) is 34.2. The van der Waals surface area contributed by atoms with Gasteiger partial charge in [-0.1, -0.05) is 0 Å². The molecular formula is H12B2Ba3Ca3Mg3O6. The Morgan fingerprint density at radius 1 is 0.471 bits per heavy atom. The molecule has 0 radical (unpaired) electrons. The minimum Gasteiger partial charge on any atom is -1.00 e. The first kappa shape index (κ1) is 70.8. The normalized spacial score (nSPS) is 3.18. The summed E-state index contributed by atoms with van der Waals surface area (Å²) >= 11 is 0. The largest absolute Gasteiger partial charge is 2.00 e. The van der Waals surface area contributed by atoms with Gasteiger partial charge < -0.3 is 47.3 Å². The van der Waals surface area contributed by atoms with Gasteiger partial charge in [0.2, 0.25) is 0 Å². The smallest absolute Gasteiger partial charge is 1.00 e. The standard InChI is InChI=1S/2BO3.3Ba.3Ca.3Mg.12H/c2*2-1(3)4;;;;;;;;;;;;;;;;;;;;;/q2*-3;9*+2;12*-1. The summed E-state index contributed by atoms with van der Waals surface area (Å²) in [6, 6.07) is 0. The van der Waals surface area contributed by atoms with E-state index in [9.17, 15) is 0 Å². The Hall–Kier alpha value is 10.7. The third kappa shape index (κ3) is 142. The summed E-state index contributed by atoms with van der Waals surface area (Å²) in [5.41, 5.74) is 0. The minimum atomic E-state index is -2.92. The second-order valence-corrected chi connectivity index (χ2v) is 0.577. The van der Waals surface area contributed by atoms with Gasteiger partial charge in [0.05, 0.1) is 0 Å². The summed E-state index contributed by atoms with van der Waals surface area (Å²) in [4.78, 5) is 0. The van der Waals surface area contributed by atoms with Gasteiger partial charge in [-0.15, -0.1) is 0 Å². The maximum Gasteiger partial charge on any atom is 2.00 e. The molecule has 0 aromatic heterocycles. The van der Waals surface area contributed by atoms with Crippen LogP contribution in [0.25, 0.3) is 0 Å². The number of hydrogen-bond acceptors (Lipinski definition) is 6. The summed E-state index contributed by atoms with van der Waals surface area (Å²) in [5.74, 6) is 0. The van der Waals surface area contributed by atoms with E-state index in [0.717, 1.165) is 0 Å². The van der Waals surface area contributed by atoms with Crippen LogP contribution in [0.2, 0.25) is 0 Å². The van der Waals surface area contributed by atoms with Crippen molar-refractivity contribution in [2.24, 2.45) is 0 Å². The molecule has 0 aromatic carbocycles. The Morgan fingerprint density at radius 3 is 0.471 bits per heavy atom. The molecule has 72 valence electrons. The van der Waals surface area contributed by atoms with Crippen molar-refractivity contribution in [1.29, 1.82) is 0 Å². The van der Waals surface area contributed by atoms with Crippen LogP contribution in [-0.2, 0) is 0 Å². The van der Waals surface area contributed by atoms with Crippen molar-refractivity contribution in [2.45, 2.75) is 0 Å². The van der Waals surface area contributed by atoms with Crippen LogP contribution in [0.4, 0.5) is 0 Å². The van der Waals surface area contributed by atoms with E-state index in [2.05, 4.69) is 0 Å². The van der Waals surface area contributed by atoms with Crippen molar-refractivity contribution in [3.63, 3.8) is 0 Å². The molecule has 0 aliphatic heterocycles. The molecule has 6 nitrogen and oxygen atoms in total.